The lowest BCUT2D eigenvalue weighted by Gasteiger charge is -2.16. The van der Waals surface area contributed by atoms with Crippen LogP contribution in [-0.4, -0.2) is 50.6 Å². The fourth-order valence-corrected chi connectivity index (χ4v) is 4.57. The third-order valence-electron chi connectivity index (χ3n) is 6.53. The Morgan fingerprint density at radius 2 is 1.91 bits per heavy atom. The van der Waals surface area contributed by atoms with Crippen LogP contribution in [0.15, 0.2) is 42.5 Å². The third kappa shape index (κ3) is 4.40. The van der Waals surface area contributed by atoms with Crippen molar-refractivity contribution in [1.82, 2.24) is 14.5 Å². The van der Waals surface area contributed by atoms with Crippen molar-refractivity contribution in [3.63, 3.8) is 0 Å². The Kier molecular flexibility index (Phi) is 5.83. The molecule has 35 heavy (non-hydrogen) atoms. The average molecular weight is 474 g/mol. The Hall–Kier alpha value is -4.03. The van der Waals surface area contributed by atoms with Crippen LogP contribution in [0.2, 0.25) is 0 Å². The van der Waals surface area contributed by atoms with Crippen LogP contribution in [-0.2, 0) is 11.2 Å². The Bertz CT molecular complexity index is 1350. The van der Waals surface area contributed by atoms with Gasteiger partial charge in [-0.15, -0.1) is 0 Å². The van der Waals surface area contributed by atoms with Crippen molar-refractivity contribution in [3.8, 4) is 17.1 Å². The van der Waals surface area contributed by atoms with Gasteiger partial charge in [-0.1, -0.05) is 24.3 Å². The topological polar surface area (TPSA) is 106 Å². The molecule has 9 heteroatoms. The molecule has 2 fully saturated rings. The van der Waals surface area contributed by atoms with E-state index < -0.39 is 24.1 Å². The summed E-state index contributed by atoms with van der Waals surface area (Å²) in [6.45, 7) is 7.93. The number of carbonyl (C=O) groups is 2. The molecule has 1 saturated carbocycles. The van der Waals surface area contributed by atoms with Crippen LogP contribution in [0.3, 0.4) is 0 Å². The molecule has 1 atom stereocenters. The quantitative estimate of drug-likeness (QED) is 0.528. The molecule has 0 radical (unpaired) electrons. The summed E-state index contributed by atoms with van der Waals surface area (Å²) in [4.78, 5) is 34.6. The van der Waals surface area contributed by atoms with Crippen LogP contribution in [0.25, 0.3) is 21.9 Å². The van der Waals surface area contributed by atoms with Crippen molar-refractivity contribution in [2.75, 3.05) is 13.1 Å². The molecule has 1 aliphatic carbocycles. The molecule has 178 valence electrons. The van der Waals surface area contributed by atoms with Crippen molar-refractivity contribution >= 4 is 17.6 Å². The lowest BCUT2D eigenvalue weighted by molar-refractivity contribution is -0.136. The maximum Gasteiger partial charge on any atom is 0.309 e. The molecule has 1 saturated heterocycles. The molecule has 0 spiro atoms. The molecule has 1 aromatic heterocycles. The minimum atomic E-state index is -1.12. The highest BCUT2D eigenvalue weighted by atomic mass is 19.1. The van der Waals surface area contributed by atoms with Gasteiger partial charge in [0.05, 0.1) is 18.7 Å². The van der Waals surface area contributed by atoms with Crippen molar-refractivity contribution in [3.05, 3.63) is 76.7 Å². The van der Waals surface area contributed by atoms with Crippen LogP contribution >= 0.6 is 0 Å². The predicted octanol–water partition coefficient (Wildman–Crippen LogP) is 3.91. The second kappa shape index (κ2) is 8.96. The summed E-state index contributed by atoms with van der Waals surface area (Å²) in [5.41, 5.74) is 8.24. The molecule has 5 rings (SSSR count). The van der Waals surface area contributed by atoms with Gasteiger partial charge in [0.25, 0.3) is 5.91 Å². The zero-order chi connectivity index (χ0) is 24.7. The van der Waals surface area contributed by atoms with Crippen LogP contribution < -0.4 is 5.73 Å². The highest BCUT2D eigenvalue weighted by Gasteiger charge is 2.32. The van der Waals surface area contributed by atoms with E-state index >= 15 is 0 Å². The minimum absolute atomic E-state index is 0.0115. The predicted molar refractivity (Wildman–Crippen MR) is 127 cm³/mol. The molecule has 2 aromatic carbocycles. The number of nitrogens with zero attached hydrogens (tertiary/aromatic N) is 4. The van der Waals surface area contributed by atoms with E-state index in [1.807, 2.05) is 24.3 Å². The second-order valence-electron chi connectivity index (χ2n) is 9.08. The SMILES string of the molecule is [C-]#[N+]c1ccc(-c2nc(C(=O)N3CC[C@H](N)C3)c(CC(=O)O)n2-c2ccc(C3CC3)cc2)cc1F. The molecule has 0 bridgehead atoms. The first kappa shape index (κ1) is 22.7. The first-order valence-corrected chi connectivity index (χ1v) is 11.5. The smallest absolute Gasteiger partial charge is 0.309 e. The molecule has 2 aliphatic rings. The zero-order valence-corrected chi connectivity index (χ0v) is 18.9. The van der Waals surface area contributed by atoms with Crippen LogP contribution in [0.4, 0.5) is 10.1 Å². The number of hydrogen-bond acceptors (Lipinski definition) is 4. The summed E-state index contributed by atoms with van der Waals surface area (Å²) >= 11 is 0. The van der Waals surface area contributed by atoms with Gasteiger partial charge in [-0.3, -0.25) is 14.2 Å². The standard InChI is InChI=1S/C26H24FN5O3/c1-29-21-9-6-17(12-20(21)27)25-30-24(26(35)31-11-10-18(28)14-31)22(13-23(33)34)32(25)19-7-4-16(5-8-19)15-2-3-15/h4-9,12,15,18H,2-3,10-11,13-14,28H2,(H,33,34)/t18-/m0/s1. The van der Waals surface area contributed by atoms with Gasteiger partial charge in [0.1, 0.15) is 11.6 Å². The van der Waals surface area contributed by atoms with E-state index in [1.54, 1.807) is 15.5 Å². The Balaban J connectivity index is 1.70. The Labute approximate surface area is 201 Å². The number of aliphatic carboxylic acids is 1. The number of hydrogen-bond donors (Lipinski definition) is 2. The van der Waals surface area contributed by atoms with Gasteiger partial charge in [0.15, 0.2) is 5.69 Å². The highest BCUT2D eigenvalue weighted by Crippen LogP contribution is 2.40. The number of carboxylic acid groups (broad SMARTS) is 1. The number of carboxylic acids is 1. The summed E-state index contributed by atoms with van der Waals surface area (Å²) in [5, 5.41) is 9.69. The first-order valence-electron chi connectivity index (χ1n) is 11.5. The number of benzene rings is 2. The van der Waals surface area contributed by atoms with Gasteiger partial charge in [0.2, 0.25) is 5.69 Å². The highest BCUT2D eigenvalue weighted by molar-refractivity contribution is 5.96. The fourth-order valence-electron chi connectivity index (χ4n) is 4.57. The summed E-state index contributed by atoms with van der Waals surface area (Å²) in [7, 11) is 0. The normalized spacial score (nSPS) is 17.4. The van der Waals surface area contributed by atoms with Gasteiger partial charge in [-0.2, -0.15) is 0 Å². The minimum Gasteiger partial charge on any atom is -0.481 e. The van der Waals surface area contributed by atoms with E-state index in [1.165, 1.54) is 17.7 Å². The molecule has 8 nitrogen and oxygen atoms in total. The first-order chi connectivity index (χ1) is 16.9. The number of amides is 1. The molecular formula is C26H24FN5O3. The summed E-state index contributed by atoms with van der Waals surface area (Å²) in [6, 6.07) is 11.7. The van der Waals surface area contributed by atoms with E-state index in [4.69, 9.17) is 12.3 Å². The lowest BCUT2D eigenvalue weighted by Crippen LogP contribution is -2.33. The molecule has 2 heterocycles. The number of imidazole rings is 1. The Morgan fingerprint density at radius 1 is 1.17 bits per heavy atom. The summed E-state index contributed by atoms with van der Waals surface area (Å²) in [5.74, 6) is -1.45. The molecule has 1 amide bonds. The third-order valence-corrected chi connectivity index (χ3v) is 6.53. The van der Waals surface area contributed by atoms with E-state index in [0.717, 1.165) is 12.8 Å². The van der Waals surface area contributed by atoms with Crippen molar-refractivity contribution < 1.29 is 19.1 Å². The Morgan fingerprint density at radius 3 is 2.49 bits per heavy atom. The van der Waals surface area contributed by atoms with Crippen molar-refractivity contribution in [1.29, 1.82) is 0 Å². The number of nitrogens with two attached hydrogens (primary N) is 1. The number of carbonyl (C=O) groups excluding carboxylic acids is 1. The van der Waals surface area contributed by atoms with Crippen LogP contribution in [0.1, 0.15) is 46.9 Å². The zero-order valence-electron chi connectivity index (χ0n) is 18.9. The van der Waals surface area contributed by atoms with E-state index in [9.17, 15) is 19.1 Å². The maximum atomic E-state index is 14.5. The number of halogens is 1. The molecule has 3 aromatic rings. The van der Waals surface area contributed by atoms with Crippen LogP contribution in [0.5, 0.6) is 0 Å². The van der Waals surface area contributed by atoms with Gasteiger partial charge >= 0.3 is 5.97 Å². The fraction of sp³-hybridized carbons (Fsp3) is 0.308. The molecule has 1 aliphatic heterocycles. The van der Waals surface area contributed by atoms with Gasteiger partial charge in [-0.05, 0) is 48.9 Å². The van der Waals surface area contributed by atoms with Gasteiger partial charge in [-0.25, -0.2) is 14.2 Å². The molecule has 0 unspecified atom stereocenters. The van der Waals surface area contributed by atoms with E-state index in [2.05, 4.69) is 9.83 Å². The van der Waals surface area contributed by atoms with Gasteiger partial charge < -0.3 is 15.7 Å². The molecular weight excluding hydrogens is 449 g/mol. The number of likely N-dealkylation sites (tertiary alicyclic amines) is 1. The van der Waals surface area contributed by atoms with Gasteiger partial charge in [0, 0.05) is 30.4 Å². The lowest BCUT2D eigenvalue weighted by atomic mass is 10.1. The van der Waals surface area contributed by atoms with Crippen LogP contribution in [0, 0.1) is 12.4 Å². The second-order valence-corrected chi connectivity index (χ2v) is 9.08. The summed E-state index contributed by atoms with van der Waals surface area (Å²) < 4.78 is 16.2. The maximum absolute atomic E-state index is 14.5. The molecule has 3 N–H and O–H groups in total. The largest absolute Gasteiger partial charge is 0.481 e. The average Bonchev–Trinajstić information content (AvgIpc) is 3.50. The monoisotopic (exact) mass is 473 g/mol. The summed E-state index contributed by atoms with van der Waals surface area (Å²) in [6.07, 6.45) is 2.49. The van der Waals surface area contributed by atoms with Crippen molar-refractivity contribution in [2.45, 2.75) is 37.6 Å². The van der Waals surface area contributed by atoms with Crippen molar-refractivity contribution in [2.24, 2.45) is 5.73 Å². The van der Waals surface area contributed by atoms with E-state index in [-0.39, 0.29) is 28.9 Å². The number of aromatic nitrogens is 2. The number of rotatable bonds is 6. The van der Waals surface area contributed by atoms with E-state index in [0.29, 0.717) is 36.7 Å².